The van der Waals surface area contributed by atoms with Crippen LogP contribution in [0.3, 0.4) is 0 Å². The summed E-state index contributed by atoms with van der Waals surface area (Å²) in [4.78, 5) is 0. The summed E-state index contributed by atoms with van der Waals surface area (Å²) in [6.07, 6.45) is 0.759. The van der Waals surface area contributed by atoms with Crippen molar-refractivity contribution in [1.29, 1.82) is 0 Å². The van der Waals surface area contributed by atoms with E-state index < -0.39 is 0 Å². The Morgan fingerprint density at radius 1 is 0.867 bits per heavy atom. The molecule has 0 aromatic rings. The van der Waals surface area contributed by atoms with E-state index in [9.17, 15) is 0 Å². The van der Waals surface area contributed by atoms with Gasteiger partial charge in [-0.05, 0) is 11.8 Å². The molecular weight excluding hydrogens is 192 g/mol. The zero-order valence-electron chi connectivity index (χ0n) is 10.1. The van der Waals surface area contributed by atoms with Gasteiger partial charge in [0, 0.05) is 26.1 Å². The van der Waals surface area contributed by atoms with E-state index in [1.165, 1.54) is 0 Å². The quantitative estimate of drug-likeness (QED) is 0.711. The minimum absolute atomic E-state index is 0.380. The second-order valence-electron chi connectivity index (χ2n) is 5.02. The Morgan fingerprint density at radius 2 is 1.27 bits per heavy atom. The molecule has 6 unspecified atom stereocenters. The maximum Gasteiger partial charge on any atom is 0.0662 e. The Kier molecular flexibility index (Phi) is 3.33. The first kappa shape index (κ1) is 11.4. The van der Waals surface area contributed by atoms with Crippen LogP contribution >= 0.6 is 0 Å². The molecule has 88 valence electrons. The van der Waals surface area contributed by atoms with E-state index in [4.69, 9.17) is 14.2 Å². The molecule has 3 heteroatoms. The highest BCUT2D eigenvalue weighted by molar-refractivity contribution is 5.02. The van der Waals surface area contributed by atoms with E-state index in [-0.39, 0.29) is 0 Å². The Morgan fingerprint density at radius 3 is 1.60 bits per heavy atom. The van der Waals surface area contributed by atoms with Crippen LogP contribution in [0.2, 0.25) is 0 Å². The lowest BCUT2D eigenvalue weighted by Gasteiger charge is -2.34. The van der Waals surface area contributed by atoms with E-state index in [1.807, 2.05) is 0 Å². The summed E-state index contributed by atoms with van der Waals surface area (Å²) in [5.41, 5.74) is 0. The standard InChI is InChI=1S/C12H22O3/c1-7-8(2)12-10(6-14-4)9(5-13-3)11(7)15-12/h7-12H,5-6H2,1-4H3. The van der Waals surface area contributed by atoms with Crippen molar-refractivity contribution in [1.82, 2.24) is 0 Å². The topological polar surface area (TPSA) is 27.7 Å². The van der Waals surface area contributed by atoms with Crippen molar-refractivity contribution in [3.63, 3.8) is 0 Å². The molecule has 2 aliphatic heterocycles. The first-order chi connectivity index (χ1) is 7.20. The van der Waals surface area contributed by atoms with Gasteiger partial charge in [-0.3, -0.25) is 0 Å². The smallest absolute Gasteiger partial charge is 0.0662 e. The highest BCUT2D eigenvalue weighted by atomic mass is 16.5. The lowest BCUT2D eigenvalue weighted by molar-refractivity contribution is 0.0378. The average Bonchev–Trinajstić information content (AvgIpc) is 2.69. The van der Waals surface area contributed by atoms with Crippen LogP contribution in [0.1, 0.15) is 13.8 Å². The summed E-state index contributed by atoms with van der Waals surface area (Å²) < 4.78 is 16.7. The third-order valence-corrected chi connectivity index (χ3v) is 4.29. The Balaban J connectivity index is 2.09. The minimum atomic E-state index is 0.380. The van der Waals surface area contributed by atoms with E-state index in [1.54, 1.807) is 14.2 Å². The normalized spacial score (nSPS) is 48.8. The molecule has 0 saturated carbocycles. The van der Waals surface area contributed by atoms with Crippen LogP contribution in [0.4, 0.5) is 0 Å². The van der Waals surface area contributed by atoms with Gasteiger partial charge in [0.15, 0.2) is 0 Å². The molecule has 6 atom stereocenters. The van der Waals surface area contributed by atoms with Gasteiger partial charge in [-0.1, -0.05) is 13.8 Å². The zero-order valence-corrected chi connectivity index (χ0v) is 10.1. The predicted molar refractivity (Wildman–Crippen MR) is 57.7 cm³/mol. The zero-order chi connectivity index (χ0) is 11.0. The van der Waals surface area contributed by atoms with Crippen molar-refractivity contribution in [2.75, 3.05) is 27.4 Å². The summed E-state index contributed by atoms with van der Waals surface area (Å²) in [6.45, 7) is 6.18. The number of methoxy groups -OCH3 is 2. The molecule has 2 rings (SSSR count). The highest BCUT2D eigenvalue weighted by Gasteiger charge is 2.56. The predicted octanol–water partition coefficient (Wildman–Crippen LogP) is 1.56. The summed E-state index contributed by atoms with van der Waals surface area (Å²) in [5.74, 6) is 2.35. The number of hydrogen-bond acceptors (Lipinski definition) is 3. The van der Waals surface area contributed by atoms with Crippen molar-refractivity contribution in [3.05, 3.63) is 0 Å². The Hall–Kier alpha value is -0.120. The van der Waals surface area contributed by atoms with Crippen LogP contribution in [-0.4, -0.2) is 39.6 Å². The first-order valence-corrected chi connectivity index (χ1v) is 5.84. The number of rotatable bonds is 4. The Labute approximate surface area is 92.1 Å². The number of ether oxygens (including phenoxy) is 3. The molecule has 3 nitrogen and oxygen atoms in total. The van der Waals surface area contributed by atoms with Crippen LogP contribution in [0.5, 0.6) is 0 Å². The van der Waals surface area contributed by atoms with Crippen molar-refractivity contribution in [2.45, 2.75) is 26.1 Å². The molecular formula is C12H22O3. The van der Waals surface area contributed by atoms with Crippen molar-refractivity contribution < 1.29 is 14.2 Å². The van der Waals surface area contributed by atoms with Crippen molar-refractivity contribution >= 4 is 0 Å². The van der Waals surface area contributed by atoms with Gasteiger partial charge in [-0.25, -0.2) is 0 Å². The number of fused-ring (bicyclic) bond motifs is 2. The first-order valence-electron chi connectivity index (χ1n) is 5.84. The van der Waals surface area contributed by atoms with Gasteiger partial charge in [-0.15, -0.1) is 0 Å². The van der Waals surface area contributed by atoms with Gasteiger partial charge in [0.05, 0.1) is 25.4 Å². The second kappa shape index (κ2) is 4.40. The van der Waals surface area contributed by atoms with Gasteiger partial charge in [0.1, 0.15) is 0 Å². The average molecular weight is 214 g/mol. The summed E-state index contributed by atoms with van der Waals surface area (Å²) in [6, 6.07) is 0. The van der Waals surface area contributed by atoms with Crippen LogP contribution in [0.25, 0.3) is 0 Å². The largest absolute Gasteiger partial charge is 0.384 e. The van der Waals surface area contributed by atoms with Crippen LogP contribution < -0.4 is 0 Å². The van der Waals surface area contributed by atoms with E-state index in [0.29, 0.717) is 35.9 Å². The van der Waals surface area contributed by atoms with Crippen molar-refractivity contribution in [2.24, 2.45) is 23.7 Å². The molecule has 2 saturated heterocycles. The third kappa shape index (κ3) is 1.71. The van der Waals surface area contributed by atoms with Crippen molar-refractivity contribution in [3.8, 4) is 0 Å². The lowest BCUT2D eigenvalue weighted by Crippen LogP contribution is -2.41. The maximum atomic E-state index is 6.07. The van der Waals surface area contributed by atoms with E-state index in [2.05, 4.69) is 13.8 Å². The van der Waals surface area contributed by atoms with Crippen LogP contribution in [-0.2, 0) is 14.2 Å². The molecule has 0 aromatic carbocycles. The molecule has 2 fully saturated rings. The molecule has 0 amide bonds. The lowest BCUT2D eigenvalue weighted by atomic mass is 9.70. The molecule has 15 heavy (non-hydrogen) atoms. The van der Waals surface area contributed by atoms with E-state index in [0.717, 1.165) is 13.2 Å². The molecule has 0 radical (unpaired) electrons. The summed E-state index contributed by atoms with van der Waals surface area (Å²) in [7, 11) is 3.54. The fourth-order valence-electron chi connectivity index (χ4n) is 3.32. The highest BCUT2D eigenvalue weighted by Crippen LogP contribution is 2.49. The van der Waals surface area contributed by atoms with Crippen LogP contribution in [0, 0.1) is 23.7 Å². The molecule has 0 N–H and O–H groups in total. The molecule has 2 aliphatic rings. The third-order valence-electron chi connectivity index (χ3n) is 4.29. The fourth-order valence-corrected chi connectivity index (χ4v) is 3.32. The van der Waals surface area contributed by atoms with Gasteiger partial charge >= 0.3 is 0 Å². The fraction of sp³-hybridized carbons (Fsp3) is 1.00. The minimum Gasteiger partial charge on any atom is -0.384 e. The van der Waals surface area contributed by atoms with Gasteiger partial charge in [0.2, 0.25) is 0 Å². The van der Waals surface area contributed by atoms with Gasteiger partial charge in [-0.2, -0.15) is 0 Å². The van der Waals surface area contributed by atoms with Gasteiger partial charge in [0.25, 0.3) is 0 Å². The number of hydrogen-bond donors (Lipinski definition) is 0. The van der Waals surface area contributed by atoms with Crippen LogP contribution in [0.15, 0.2) is 0 Å². The molecule has 0 aliphatic carbocycles. The molecule has 0 spiro atoms. The summed E-state index contributed by atoms with van der Waals surface area (Å²) in [5, 5.41) is 0. The SMILES string of the molecule is COCC1C(COC)C2OC1C(C)C2C. The maximum absolute atomic E-state index is 6.07. The second-order valence-corrected chi connectivity index (χ2v) is 5.02. The Bertz CT molecular complexity index is 197. The summed E-state index contributed by atoms with van der Waals surface area (Å²) >= 11 is 0. The van der Waals surface area contributed by atoms with E-state index >= 15 is 0 Å². The van der Waals surface area contributed by atoms with Gasteiger partial charge < -0.3 is 14.2 Å². The molecule has 0 aromatic heterocycles. The monoisotopic (exact) mass is 214 g/mol. The molecule has 2 heterocycles. The molecule has 2 bridgehead atoms.